The molecule has 7 heteroatoms. The van der Waals surface area contributed by atoms with Gasteiger partial charge in [-0.25, -0.2) is 9.48 Å². The highest BCUT2D eigenvalue weighted by molar-refractivity contribution is 6.30. The monoisotopic (exact) mass is 309 g/mol. The molecule has 0 radical (unpaired) electrons. The zero-order valence-corrected chi connectivity index (χ0v) is 12.5. The molecule has 2 rings (SSSR count). The fraction of sp³-hybridized carbons (Fsp3) is 0.357. The van der Waals surface area contributed by atoms with Crippen LogP contribution in [0.15, 0.2) is 24.3 Å². The van der Waals surface area contributed by atoms with Gasteiger partial charge >= 0.3 is 5.97 Å². The Bertz CT molecular complexity index is 623. The van der Waals surface area contributed by atoms with Crippen molar-refractivity contribution in [1.82, 2.24) is 15.0 Å². The lowest BCUT2D eigenvalue weighted by Crippen LogP contribution is -2.14. The minimum Gasteiger partial charge on any atom is -0.487 e. The SMILES string of the molecule is CC(C)Cn1nnc(C(=O)O)c1COc1ccc(Cl)cc1. The van der Waals surface area contributed by atoms with Crippen LogP contribution in [0, 0.1) is 5.92 Å². The predicted molar refractivity (Wildman–Crippen MR) is 77.6 cm³/mol. The standard InChI is InChI=1S/C14H16ClN3O3/c1-9(2)7-18-12(13(14(19)20)16-17-18)8-21-11-5-3-10(15)4-6-11/h3-6,9H,7-8H2,1-2H3,(H,19,20). The first kappa shape index (κ1) is 15.3. The lowest BCUT2D eigenvalue weighted by Gasteiger charge is -2.10. The van der Waals surface area contributed by atoms with Gasteiger partial charge in [0.05, 0.1) is 0 Å². The van der Waals surface area contributed by atoms with E-state index in [1.807, 2.05) is 13.8 Å². The Kier molecular flexibility index (Phi) is 4.80. The van der Waals surface area contributed by atoms with Crippen molar-refractivity contribution in [3.05, 3.63) is 40.7 Å². The van der Waals surface area contributed by atoms with Crippen molar-refractivity contribution < 1.29 is 14.6 Å². The Labute approximate surface area is 127 Å². The molecule has 2 aromatic rings. The van der Waals surface area contributed by atoms with Gasteiger partial charge in [0.1, 0.15) is 18.1 Å². The van der Waals surface area contributed by atoms with Gasteiger partial charge in [-0.3, -0.25) is 0 Å². The number of aromatic carboxylic acids is 1. The van der Waals surface area contributed by atoms with Crippen LogP contribution in [0.5, 0.6) is 5.75 Å². The van der Waals surface area contributed by atoms with E-state index in [0.717, 1.165) is 0 Å². The molecule has 0 saturated carbocycles. The third-order valence-electron chi connectivity index (χ3n) is 2.77. The number of benzene rings is 1. The van der Waals surface area contributed by atoms with E-state index in [4.69, 9.17) is 21.4 Å². The molecule has 1 aromatic heterocycles. The maximum atomic E-state index is 11.2. The largest absolute Gasteiger partial charge is 0.487 e. The van der Waals surface area contributed by atoms with Crippen LogP contribution in [0.1, 0.15) is 30.0 Å². The molecule has 0 saturated heterocycles. The summed E-state index contributed by atoms with van der Waals surface area (Å²) in [5, 5.41) is 17.4. The van der Waals surface area contributed by atoms with E-state index in [2.05, 4.69) is 10.3 Å². The average Bonchev–Trinajstić information content (AvgIpc) is 2.80. The van der Waals surface area contributed by atoms with E-state index < -0.39 is 5.97 Å². The summed E-state index contributed by atoms with van der Waals surface area (Å²) in [6, 6.07) is 6.86. The van der Waals surface area contributed by atoms with E-state index in [9.17, 15) is 4.79 Å². The topological polar surface area (TPSA) is 77.2 Å². The van der Waals surface area contributed by atoms with Gasteiger partial charge in [0.2, 0.25) is 0 Å². The van der Waals surface area contributed by atoms with Crippen molar-refractivity contribution in [2.24, 2.45) is 5.92 Å². The van der Waals surface area contributed by atoms with Gasteiger partial charge in [-0.15, -0.1) is 5.10 Å². The highest BCUT2D eigenvalue weighted by atomic mass is 35.5. The summed E-state index contributed by atoms with van der Waals surface area (Å²) in [7, 11) is 0. The first-order valence-corrected chi connectivity index (χ1v) is 6.89. The zero-order valence-electron chi connectivity index (χ0n) is 11.8. The number of rotatable bonds is 6. The molecule has 1 aromatic carbocycles. The van der Waals surface area contributed by atoms with Crippen molar-refractivity contribution in [3.63, 3.8) is 0 Å². The second-order valence-electron chi connectivity index (χ2n) is 5.01. The average molecular weight is 310 g/mol. The number of hydrogen-bond acceptors (Lipinski definition) is 4. The first-order chi connectivity index (χ1) is 9.97. The summed E-state index contributed by atoms with van der Waals surface area (Å²) in [5.74, 6) is -0.185. The highest BCUT2D eigenvalue weighted by Gasteiger charge is 2.20. The summed E-state index contributed by atoms with van der Waals surface area (Å²) in [6.07, 6.45) is 0. The number of hydrogen-bond donors (Lipinski definition) is 1. The van der Waals surface area contributed by atoms with Gasteiger partial charge in [-0.2, -0.15) is 0 Å². The van der Waals surface area contributed by atoms with E-state index >= 15 is 0 Å². The van der Waals surface area contributed by atoms with E-state index in [1.165, 1.54) is 0 Å². The lowest BCUT2D eigenvalue weighted by atomic mass is 10.2. The zero-order chi connectivity index (χ0) is 15.4. The van der Waals surface area contributed by atoms with Gasteiger partial charge in [0, 0.05) is 11.6 Å². The Hall–Kier alpha value is -2.08. The Morgan fingerprint density at radius 3 is 2.62 bits per heavy atom. The smallest absolute Gasteiger partial charge is 0.358 e. The molecule has 0 aliphatic rings. The van der Waals surface area contributed by atoms with Crippen molar-refractivity contribution in [3.8, 4) is 5.75 Å². The maximum absolute atomic E-state index is 11.2. The van der Waals surface area contributed by atoms with Gasteiger partial charge in [0.25, 0.3) is 0 Å². The quantitative estimate of drug-likeness (QED) is 0.887. The molecule has 1 N–H and O–H groups in total. The van der Waals surface area contributed by atoms with Crippen LogP contribution in [-0.4, -0.2) is 26.1 Å². The molecular weight excluding hydrogens is 294 g/mol. The summed E-state index contributed by atoms with van der Waals surface area (Å²) in [4.78, 5) is 11.2. The van der Waals surface area contributed by atoms with Gasteiger partial charge in [0.15, 0.2) is 5.69 Å². The molecule has 0 aliphatic heterocycles. The van der Waals surface area contributed by atoms with Crippen LogP contribution < -0.4 is 4.74 Å². The molecule has 0 unspecified atom stereocenters. The van der Waals surface area contributed by atoms with E-state index in [-0.39, 0.29) is 12.3 Å². The highest BCUT2D eigenvalue weighted by Crippen LogP contribution is 2.18. The normalized spacial score (nSPS) is 10.9. The van der Waals surface area contributed by atoms with Crippen LogP contribution in [0.3, 0.4) is 0 Å². The van der Waals surface area contributed by atoms with Gasteiger partial charge in [-0.1, -0.05) is 30.7 Å². The van der Waals surface area contributed by atoms with Crippen LogP contribution in [0.2, 0.25) is 5.02 Å². The minimum absolute atomic E-state index is 0.0791. The molecule has 0 fully saturated rings. The second kappa shape index (κ2) is 6.58. The van der Waals surface area contributed by atoms with Crippen molar-refractivity contribution in [2.75, 3.05) is 0 Å². The van der Waals surface area contributed by atoms with Crippen LogP contribution in [0.4, 0.5) is 0 Å². The molecular formula is C14H16ClN3O3. The van der Waals surface area contributed by atoms with Crippen LogP contribution in [0.25, 0.3) is 0 Å². The fourth-order valence-electron chi connectivity index (χ4n) is 1.82. The van der Waals surface area contributed by atoms with Crippen LogP contribution >= 0.6 is 11.6 Å². The van der Waals surface area contributed by atoms with Crippen molar-refractivity contribution >= 4 is 17.6 Å². The third-order valence-corrected chi connectivity index (χ3v) is 3.02. The molecule has 0 atom stereocenters. The Balaban J connectivity index is 2.18. The fourth-order valence-corrected chi connectivity index (χ4v) is 1.94. The number of halogens is 1. The second-order valence-corrected chi connectivity index (χ2v) is 5.44. The van der Waals surface area contributed by atoms with Crippen LogP contribution in [-0.2, 0) is 13.2 Å². The number of nitrogens with zero attached hydrogens (tertiary/aromatic N) is 3. The van der Waals surface area contributed by atoms with E-state index in [1.54, 1.807) is 28.9 Å². The lowest BCUT2D eigenvalue weighted by molar-refractivity contribution is 0.0687. The number of aromatic nitrogens is 3. The van der Waals surface area contributed by atoms with Crippen molar-refractivity contribution in [1.29, 1.82) is 0 Å². The maximum Gasteiger partial charge on any atom is 0.358 e. The Morgan fingerprint density at radius 2 is 2.05 bits per heavy atom. The summed E-state index contributed by atoms with van der Waals surface area (Å²) >= 11 is 5.80. The minimum atomic E-state index is -1.11. The summed E-state index contributed by atoms with van der Waals surface area (Å²) < 4.78 is 7.17. The number of carbonyl (C=O) groups is 1. The third kappa shape index (κ3) is 3.95. The summed E-state index contributed by atoms with van der Waals surface area (Å²) in [5.41, 5.74) is 0.371. The molecule has 0 spiro atoms. The molecule has 1 heterocycles. The van der Waals surface area contributed by atoms with Gasteiger partial charge < -0.3 is 9.84 Å². The molecule has 0 amide bonds. The first-order valence-electron chi connectivity index (χ1n) is 6.51. The molecule has 6 nitrogen and oxygen atoms in total. The van der Waals surface area contributed by atoms with Crippen molar-refractivity contribution in [2.45, 2.75) is 27.0 Å². The number of carboxylic acids is 1. The summed E-state index contributed by atoms with van der Waals surface area (Å²) in [6.45, 7) is 4.71. The molecule has 0 aliphatic carbocycles. The van der Waals surface area contributed by atoms with E-state index in [0.29, 0.717) is 28.9 Å². The Morgan fingerprint density at radius 1 is 1.38 bits per heavy atom. The molecule has 21 heavy (non-hydrogen) atoms. The molecule has 112 valence electrons. The number of carboxylic acid groups (broad SMARTS) is 1. The molecule has 0 bridgehead atoms. The predicted octanol–water partition coefficient (Wildman–Crippen LogP) is 2.86. The number of ether oxygens (including phenoxy) is 1. The van der Waals surface area contributed by atoms with Gasteiger partial charge in [-0.05, 0) is 30.2 Å².